The molecule has 0 rings (SSSR count). The van der Waals surface area contributed by atoms with Gasteiger partial charge in [0.2, 0.25) is 0 Å². The van der Waals surface area contributed by atoms with Gasteiger partial charge in [-0.3, -0.25) is 0 Å². The summed E-state index contributed by atoms with van der Waals surface area (Å²) < 4.78 is 0. The van der Waals surface area contributed by atoms with E-state index >= 15 is 0 Å². The fraction of sp³-hybridized carbons (Fsp3) is 0.750. The van der Waals surface area contributed by atoms with Gasteiger partial charge < -0.3 is 0 Å². The third kappa shape index (κ3) is 16.7. The van der Waals surface area contributed by atoms with Crippen molar-refractivity contribution in [2.45, 2.75) is 39.5 Å². The van der Waals surface area contributed by atoms with Crippen molar-refractivity contribution in [3.63, 3.8) is 0 Å². The number of rotatable bonds is 3. The smallest absolute Gasteiger partial charge is 0.0533 e. The van der Waals surface area contributed by atoms with Crippen molar-refractivity contribution in [2.75, 3.05) is 0 Å². The van der Waals surface area contributed by atoms with Crippen LogP contribution >= 0.6 is 0 Å². The molecule has 0 aromatic rings. The molecule has 0 fully saturated rings. The molecule has 0 aromatic heterocycles. The third-order valence-electron chi connectivity index (χ3n) is 0.854. The van der Waals surface area contributed by atoms with Gasteiger partial charge >= 0.3 is 0 Å². The van der Waals surface area contributed by atoms with Gasteiger partial charge in [0, 0.05) is 0 Å². The van der Waals surface area contributed by atoms with Crippen molar-refractivity contribution in [3.8, 4) is 0 Å². The monoisotopic (exact) mass is 114 g/mol. The first-order chi connectivity index (χ1) is 3.91. The first-order valence-corrected chi connectivity index (χ1v) is 3.41. The number of unbranched alkanes of at least 4 members (excludes halogenated alkanes) is 3. The fourth-order valence-corrected chi connectivity index (χ4v) is 0.427. The van der Waals surface area contributed by atoms with Gasteiger partial charge in [-0.05, 0) is 0 Å². The van der Waals surface area contributed by atoms with Gasteiger partial charge in [0.05, 0.1) is 0 Å². The maximum atomic E-state index is 3.72. The van der Waals surface area contributed by atoms with E-state index in [-0.39, 0.29) is 0 Å². The summed E-state index contributed by atoms with van der Waals surface area (Å²) in [5, 5.41) is 0. The molecular formula is C8H18. The van der Waals surface area contributed by atoms with E-state index in [0.717, 1.165) is 6.42 Å². The van der Waals surface area contributed by atoms with Crippen LogP contribution in [0.2, 0.25) is 0 Å². The van der Waals surface area contributed by atoms with Crippen LogP contribution < -0.4 is 0 Å². The van der Waals surface area contributed by atoms with Crippen LogP contribution in [0.1, 0.15) is 39.5 Å². The highest BCUT2D eigenvalue weighted by atomic mass is 13.8. The molecule has 50 valence electrons. The van der Waals surface area contributed by atoms with Crippen LogP contribution in [-0.2, 0) is 0 Å². The van der Waals surface area contributed by atoms with E-state index in [1.54, 1.807) is 6.92 Å². The summed E-state index contributed by atoms with van der Waals surface area (Å²) in [6.45, 7) is 10.9. The van der Waals surface area contributed by atoms with Crippen molar-refractivity contribution in [1.82, 2.24) is 0 Å². The fourth-order valence-electron chi connectivity index (χ4n) is 0.427. The minimum Gasteiger partial charge on any atom is -0.0654 e. The normalized spacial score (nSPS) is 7.50. The summed E-state index contributed by atoms with van der Waals surface area (Å²) in [5.41, 5.74) is 0. The van der Waals surface area contributed by atoms with Crippen LogP contribution in [0.3, 0.4) is 0 Å². The topological polar surface area (TPSA) is 0 Å². The Labute approximate surface area is 54.3 Å². The largest absolute Gasteiger partial charge is 0.0654 e. The summed E-state index contributed by atoms with van der Waals surface area (Å²) in [7, 11) is 0. The molecule has 0 aliphatic heterocycles. The molecule has 0 amide bonds. The van der Waals surface area contributed by atoms with E-state index in [1.165, 1.54) is 19.3 Å². The molecule has 0 nitrogen and oxygen atoms in total. The third-order valence-corrected chi connectivity index (χ3v) is 0.854. The standard InChI is InChI=1S/C6H13.C2H5/c1-3-5-6-4-2;1-2/h1,3-6H2,2H3;1H2,2H3. The molecular weight excluding hydrogens is 96.1 g/mol. The van der Waals surface area contributed by atoms with Crippen molar-refractivity contribution in [1.29, 1.82) is 0 Å². The summed E-state index contributed by atoms with van der Waals surface area (Å²) in [5.74, 6) is 0. The zero-order valence-corrected chi connectivity index (χ0v) is 6.24. The molecule has 0 spiro atoms. The van der Waals surface area contributed by atoms with Crippen LogP contribution in [0, 0.1) is 13.8 Å². The van der Waals surface area contributed by atoms with Crippen molar-refractivity contribution < 1.29 is 0 Å². The Morgan fingerprint density at radius 3 is 1.75 bits per heavy atom. The molecule has 2 radical (unpaired) electrons. The highest BCUT2D eigenvalue weighted by molar-refractivity contribution is 4.38. The van der Waals surface area contributed by atoms with Crippen LogP contribution in [0.5, 0.6) is 0 Å². The van der Waals surface area contributed by atoms with Crippen molar-refractivity contribution in [2.24, 2.45) is 0 Å². The summed E-state index contributed by atoms with van der Waals surface area (Å²) in [6, 6.07) is 0. The molecule has 0 heteroatoms. The number of hydrogen-bond donors (Lipinski definition) is 0. The van der Waals surface area contributed by atoms with Crippen LogP contribution in [0.4, 0.5) is 0 Å². The predicted molar refractivity (Wildman–Crippen MR) is 40.5 cm³/mol. The minimum absolute atomic E-state index is 1.10. The quantitative estimate of drug-likeness (QED) is 0.494. The van der Waals surface area contributed by atoms with E-state index in [1.807, 2.05) is 0 Å². The maximum Gasteiger partial charge on any atom is -0.0533 e. The van der Waals surface area contributed by atoms with Crippen molar-refractivity contribution in [3.05, 3.63) is 13.8 Å². The molecule has 0 heterocycles. The summed E-state index contributed by atoms with van der Waals surface area (Å²) in [6.07, 6.45) is 5.07. The van der Waals surface area contributed by atoms with E-state index in [2.05, 4.69) is 20.8 Å². The second-order valence-corrected chi connectivity index (χ2v) is 1.56. The Morgan fingerprint density at radius 1 is 1.12 bits per heavy atom. The number of hydrogen-bond acceptors (Lipinski definition) is 0. The van der Waals surface area contributed by atoms with Gasteiger partial charge in [-0.2, -0.15) is 0 Å². The molecule has 0 unspecified atom stereocenters. The van der Waals surface area contributed by atoms with Crippen LogP contribution in [0.15, 0.2) is 0 Å². The zero-order chi connectivity index (χ0) is 6.83. The second kappa shape index (κ2) is 15.8. The van der Waals surface area contributed by atoms with Crippen molar-refractivity contribution >= 4 is 0 Å². The maximum absolute atomic E-state index is 3.72. The Balaban J connectivity index is 0. The van der Waals surface area contributed by atoms with Gasteiger partial charge in [0.15, 0.2) is 0 Å². The Bertz CT molecular complexity index is 12.0. The van der Waals surface area contributed by atoms with E-state index in [0.29, 0.717) is 0 Å². The molecule has 0 saturated carbocycles. The molecule has 0 N–H and O–H groups in total. The van der Waals surface area contributed by atoms with Gasteiger partial charge in [-0.15, -0.1) is 0 Å². The lowest BCUT2D eigenvalue weighted by Crippen LogP contribution is -1.66. The molecule has 0 aromatic carbocycles. The highest BCUT2D eigenvalue weighted by Gasteiger charge is 1.75. The Hall–Kier alpha value is 0. The molecule has 0 bridgehead atoms. The molecule has 0 saturated heterocycles. The average Bonchev–Trinajstić information content (AvgIpc) is 1.88. The van der Waals surface area contributed by atoms with Gasteiger partial charge in [0.1, 0.15) is 0 Å². The highest BCUT2D eigenvalue weighted by Crippen LogP contribution is 1.95. The van der Waals surface area contributed by atoms with Gasteiger partial charge in [0.25, 0.3) is 0 Å². The lowest BCUT2D eigenvalue weighted by atomic mass is 10.2. The Kier molecular flexibility index (Phi) is 21.4. The van der Waals surface area contributed by atoms with E-state index in [4.69, 9.17) is 0 Å². The SMILES string of the molecule is [CH2]C.[CH2]CCCCC. The second-order valence-electron chi connectivity index (χ2n) is 1.56. The molecule has 0 aliphatic rings. The van der Waals surface area contributed by atoms with Gasteiger partial charge in [-0.1, -0.05) is 53.4 Å². The molecule has 0 atom stereocenters. The first-order valence-electron chi connectivity index (χ1n) is 3.41. The summed E-state index contributed by atoms with van der Waals surface area (Å²) >= 11 is 0. The molecule has 8 heavy (non-hydrogen) atoms. The lowest BCUT2D eigenvalue weighted by Gasteiger charge is -1.86. The van der Waals surface area contributed by atoms with Gasteiger partial charge in [-0.25, -0.2) is 0 Å². The van der Waals surface area contributed by atoms with E-state index in [9.17, 15) is 0 Å². The van der Waals surface area contributed by atoms with E-state index < -0.39 is 0 Å². The van der Waals surface area contributed by atoms with Crippen LogP contribution in [0.25, 0.3) is 0 Å². The average molecular weight is 114 g/mol. The lowest BCUT2D eigenvalue weighted by molar-refractivity contribution is 0.728. The molecule has 0 aliphatic carbocycles. The minimum atomic E-state index is 1.10. The predicted octanol–water partition coefficient (Wildman–Crippen LogP) is 3.24. The first kappa shape index (κ1) is 10.9. The Morgan fingerprint density at radius 2 is 1.62 bits per heavy atom. The summed E-state index contributed by atoms with van der Waals surface area (Å²) in [4.78, 5) is 0. The zero-order valence-electron chi connectivity index (χ0n) is 6.24. The van der Waals surface area contributed by atoms with Crippen LogP contribution in [-0.4, -0.2) is 0 Å².